The van der Waals surface area contributed by atoms with Gasteiger partial charge in [0.25, 0.3) is 0 Å². The first-order chi connectivity index (χ1) is 9.81. The van der Waals surface area contributed by atoms with Gasteiger partial charge in [-0.05, 0) is 29.8 Å². The van der Waals surface area contributed by atoms with Crippen molar-refractivity contribution >= 4 is 23.2 Å². The number of rotatable bonds is 2. The third-order valence-corrected chi connectivity index (χ3v) is 2.73. The second kappa shape index (κ2) is 5.76. The van der Waals surface area contributed by atoms with Crippen LogP contribution in [0.25, 0.3) is 0 Å². The van der Waals surface area contributed by atoms with Crippen molar-refractivity contribution in [3.05, 3.63) is 45.8 Å². The maximum absolute atomic E-state index is 12.6. The van der Waals surface area contributed by atoms with E-state index < -0.39 is 11.7 Å². The van der Waals surface area contributed by atoms with E-state index >= 15 is 0 Å². The molecule has 0 N–H and O–H groups in total. The minimum absolute atomic E-state index is 0.160. The molecule has 0 aliphatic rings. The predicted octanol–water partition coefficient (Wildman–Crippen LogP) is 4.47. The molecule has 0 bridgehead atoms. The predicted molar refractivity (Wildman–Crippen MR) is 68.3 cm³/mol. The maximum atomic E-state index is 12.6. The van der Waals surface area contributed by atoms with Crippen molar-refractivity contribution in [2.45, 2.75) is 6.18 Å². The Morgan fingerprint density at radius 3 is 2.52 bits per heavy atom. The van der Waals surface area contributed by atoms with Crippen LogP contribution in [0, 0.1) is 11.3 Å². The summed E-state index contributed by atoms with van der Waals surface area (Å²) in [4.78, 5) is 7.18. The molecule has 0 aliphatic heterocycles. The SMILES string of the molecule is N#Cc1c(Cl)nc(Cl)nc1Oc1cccc(C(F)(F)F)c1. The van der Waals surface area contributed by atoms with Gasteiger partial charge in [-0.25, -0.2) is 4.98 Å². The van der Waals surface area contributed by atoms with E-state index in [1.807, 2.05) is 0 Å². The smallest absolute Gasteiger partial charge is 0.416 e. The van der Waals surface area contributed by atoms with Crippen LogP contribution in [-0.2, 0) is 6.18 Å². The number of nitrogens with zero attached hydrogens (tertiary/aromatic N) is 3. The number of hydrogen-bond donors (Lipinski definition) is 0. The van der Waals surface area contributed by atoms with Crippen LogP contribution in [0.4, 0.5) is 13.2 Å². The van der Waals surface area contributed by atoms with E-state index in [2.05, 4.69) is 9.97 Å². The summed E-state index contributed by atoms with van der Waals surface area (Å²) in [6.07, 6.45) is -4.52. The summed E-state index contributed by atoms with van der Waals surface area (Å²) in [6, 6.07) is 5.79. The normalized spacial score (nSPS) is 11.0. The molecule has 0 saturated heterocycles. The van der Waals surface area contributed by atoms with E-state index in [1.54, 1.807) is 6.07 Å². The average Bonchev–Trinajstić information content (AvgIpc) is 2.37. The Balaban J connectivity index is 2.42. The van der Waals surface area contributed by atoms with Gasteiger partial charge in [-0.15, -0.1) is 0 Å². The standard InChI is InChI=1S/C12H4Cl2F3N3O/c13-9-8(5-18)10(20-11(14)19-9)21-7-3-1-2-6(4-7)12(15,16)17/h1-4H. The molecule has 0 unspecified atom stereocenters. The van der Waals surface area contributed by atoms with Gasteiger partial charge in [0.1, 0.15) is 11.8 Å². The molecule has 21 heavy (non-hydrogen) atoms. The van der Waals surface area contributed by atoms with Crippen LogP contribution in [0.1, 0.15) is 11.1 Å². The van der Waals surface area contributed by atoms with Gasteiger partial charge in [-0.2, -0.15) is 23.4 Å². The monoisotopic (exact) mass is 333 g/mol. The Bertz CT molecular complexity index is 729. The fourth-order valence-electron chi connectivity index (χ4n) is 1.41. The molecule has 1 aromatic heterocycles. The lowest BCUT2D eigenvalue weighted by Crippen LogP contribution is -2.05. The fourth-order valence-corrected chi connectivity index (χ4v) is 1.81. The van der Waals surface area contributed by atoms with Crippen molar-refractivity contribution < 1.29 is 17.9 Å². The van der Waals surface area contributed by atoms with E-state index in [4.69, 9.17) is 33.2 Å². The number of nitriles is 1. The third kappa shape index (κ3) is 3.54. The first-order valence-corrected chi connectivity index (χ1v) is 6.05. The summed E-state index contributed by atoms with van der Waals surface area (Å²) < 4.78 is 43.0. The maximum Gasteiger partial charge on any atom is 0.416 e. The highest BCUT2D eigenvalue weighted by Crippen LogP contribution is 2.33. The van der Waals surface area contributed by atoms with Crippen molar-refractivity contribution in [3.8, 4) is 17.7 Å². The number of halogens is 5. The van der Waals surface area contributed by atoms with Crippen molar-refractivity contribution in [2.75, 3.05) is 0 Å². The van der Waals surface area contributed by atoms with Crippen LogP contribution < -0.4 is 4.74 Å². The van der Waals surface area contributed by atoms with Crippen LogP contribution in [-0.4, -0.2) is 9.97 Å². The largest absolute Gasteiger partial charge is 0.437 e. The molecular formula is C12H4Cl2F3N3O. The van der Waals surface area contributed by atoms with Crippen LogP contribution in [0.2, 0.25) is 10.4 Å². The summed E-state index contributed by atoms with van der Waals surface area (Å²) in [5.41, 5.74) is -1.12. The number of aromatic nitrogens is 2. The van der Waals surface area contributed by atoms with Crippen LogP contribution in [0.3, 0.4) is 0 Å². The highest BCUT2D eigenvalue weighted by Gasteiger charge is 2.30. The van der Waals surface area contributed by atoms with Gasteiger partial charge < -0.3 is 4.74 Å². The Kier molecular flexibility index (Phi) is 4.21. The summed E-state index contributed by atoms with van der Waals surface area (Å²) in [5, 5.41) is 8.39. The summed E-state index contributed by atoms with van der Waals surface area (Å²) in [6.45, 7) is 0. The van der Waals surface area contributed by atoms with Crippen LogP contribution in [0.15, 0.2) is 24.3 Å². The molecule has 0 fully saturated rings. The van der Waals surface area contributed by atoms with Crippen molar-refractivity contribution in [1.29, 1.82) is 5.26 Å². The minimum Gasteiger partial charge on any atom is -0.437 e. The summed E-state index contributed by atoms with van der Waals surface area (Å²) >= 11 is 11.3. The fraction of sp³-hybridized carbons (Fsp3) is 0.0833. The summed E-state index contributed by atoms with van der Waals surface area (Å²) in [5.74, 6) is -0.478. The number of benzene rings is 1. The molecule has 2 rings (SSSR count). The summed E-state index contributed by atoms with van der Waals surface area (Å²) in [7, 11) is 0. The number of alkyl halides is 3. The van der Waals surface area contributed by atoms with Crippen molar-refractivity contribution in [2.24, 2.45) is 0 Å². The Morgan fingerprint density at radius 2 is 1.90 bits per heavy atom. The van der Waals surface area contributed by atoms with Gasteiger partial charge in [0.2, 0.25) is 11.2 Å². The molecular weight excluding hydrogens is 330 g/mol. The molecule has 0 spiro atoms. The van der Waals surface area contributed by atoms with Crippen molar-refractivity contribution in [1.82, 2.24) is 9.97 Å². The Morgan fingerprint density at radius 1 is 1.19 bits per heavy atom. The topological polar surface area (TPSA) is 58.8 Å². The van der Waals surface area contributed by atoms with Crippen LogP contribution in [0.5, 0.6) is 11.6 Å². The quantitative estimate of drug-likeness (QED) is 0.601. The first kappa shape index (κ1) is 15.4. The van der Waals surface area contributed by atoms with Gasteiger partial charge in [0, 0.05) is 0 Å². The second-order valence-electron chi connectivity index (χ2n) is 3.70. The van der Waals surface area contributed by atoms with E-state index in [0.29, 0.717) is 0 Å². The lowest BCUT2D eigenvalue weighted by Gasteiger charge is -2.10. The second-order valence-corrected chi connectivity index (χ2v) is 4.40. The molecule has 9 heteroatoms. The lowest BCUT2D eigenvalue weighted by atomic mass is 10.2. The molecule has 4 nitrogen and oxygen atoms in total. The first-order valence-electron chi connectivity index (χ1n) is 5.29. The van der Waals surface area contributed by atoms with Gasteiger partial charge >= 0.3 is 6.18 Å². The molecule has 0 aliphatic carbocycles. The van der Waals surface area contributed by atoms with Crippen molar-refractivity contribution in [3.63, 3.8) is 0 Å². The molecule has 0 radical (unpaired) electrons. The third-order valence-electron chi connectivity index (χ3n) is 2.29. The molecule has 0 saturated carbocycles. The molecule has 1 aromatic carbocycles. The average molecular weight is 334 g/mol. The van der Waals surface area contributed by atoms with Gasteiger partial charge in [-0.3, -0.25) is 0 Å². The zero-order valence-corrected chi connectivity index (χ0v) is 11.5. The zero-order valence-electron chi connectivity index (χ0n) is 9.95. The number of hydrogen-bond acceptors (Lipinski definition) is 4. The highest BCUT2D eigenvalue weighted by molar-refractivity contribution is 6.32. The number of ether oxygens (including phenoxy) is 1. The molecule has 0 amide bonds. The minimum atomic E-state index is -4.52. The van der Waals surface area contributed by atoms with Gasteiger partial charge in [-0.1, -0.05) is 17.7 Å². The molecule has 2 aromatic rings. The molecule has 1 heterocycles. The van der Waals surface area contributed by atoms with Gasteiger partial charge in [0.15, 0.2) is 10.7 Å². The Labute approximate surface area is 126 Å². The van der Waals surface area contributed by atoms with Crippen LogP contribution >= 0.6 is 23.2 Å². The van der Waals surface area contributed by atoms with E-state index in [1.165, 1.54) is 6.07 Å². The molecule has 0 atom stereocenters. The van der Waals surface area contributed by atoms with E-state index in [9.17, 15) is 13.2 Å². The lowest BCUT2D eigenvalue weighted by molar-refractivity contribution is -0.137. The molecule has 108 valence electrons. The highest BCUT2D eigenvalue weighted by atomic mass is 35.5. The zero-order chi connectivity index (χ0) is 15.6. The Hall–Kier alpha value is -2.04. The van der Waals surface area contributed by atoms with E-state index in [-0.39, 0.29) is 27.6 Å². The van der Waals surface area contributed by atoms with E-state index in [0.717, 1.165) is 18.2 Å². The van der Waals surface area contributed by atoms with Gasteiger partial charge in [0.05, 0.1) is 5.56 Å².